The van der Waals surface area contributed by atoms with E-state index in [9.17, 15) is 18.0 Å². The van der Waals surface area contributed by atoms with Crippen molar-refractivity contribution in [1.29, 1.82) is 0 Å². The highest BCUT2D eigenvalue weighted by Crippen LogP contribution is 2.37. The molecule has 2 saturated heterocycles. The minimum absolute atomic E-state index is 0.0743. The van der Waals surface area contributed by atoms with Crippen LogP contribution in [0.5, 0.6) is 0 Å². The zero-order valence-electron chi connectivity index (χ0n) is 17.7. The molecule has 0 bridgehead atoms. The van der Waals surface area contributed by atoms with E-state index in [1.807, 2.05) is 6.92 Å². The van der Waals surface area contributed by atoms with E-state index in [-0.39, 0.29) is 12.0 Å². The summed E-state index contributed by atoms with van der Waals surface area (Å²) in [5.41, 5.74) is 0.0669. The highest BCUT2D eigenvalue weighted by atomic mass is 19.4. The summed E-state index contributed by atoms with van der Waals surface area (Å²) in [5, 5.41) is 0. The van der Waals surface area contributed by atoms with Gasteiger partial charge in [0.25, 0.3) is 0 Å². The van der Waals surface area contributed by atoms with E-state index in [2.05, 4.69) is 4.90 Å². The average molecular weight is 428 g/mol. The summed E-state index contributed by atoms with van der Waals surface area (Å²) in [7, 11) is 1.62. The molecule has 1 amide bonds. The van der Waals surface area contributed by atoms with Gasteiger partial charge in [-0.15, -0.1) is 0 Å². The number of methoxy groups -OCH3 is 1. The molecule has 3 rings (SSSR count). The van der Waals surface area contributed by atoms with Crippen molar-refractivity contribution in [1.82, 2.24) is 9.80 Å². The number of nitrogens with zero attached hydrogens (tertiary/aromatic N) is 2. The van der Waals surface area contributed by atoms with E-state index in [1.165, 1.54) is 12.1 Å². The number of rotatable bonds is 8. The Balaban J connectivity index is 1.53. The zero-order chi connectivity index (χ0) is 21.7. The number of benzene rings is 1. The van der Waals surface area contributed by atoms with Gasteiger partial charge in [0.1, 0.15) is 0 Å². The van der Waals surface area contributed by atoms with Crippen molar-refractivity contribution in [2.45, 2.75) is 38.6 Å². The van der Waals surface area contributed by atoms with Crippen molar-refractivity contribution in [2.75, 3.05) is 46.5 Å². The fourth-order valence-corrected chi connectivity index (χ4v) is 4.58. The highest BCUT2D eigenvalue weighted by Gasteiger charge is 2.42. The number of likely N-dealkylation sites (tertiary alicyclic amines) is 1. The van der Waals surface area contributed by atoms with Crippen molar-refractivity contribution in [3.63, 3.8) is 0 Å². The van der Waals surface area contributed by atoms with Gasteiger partial charge in [0.2, 0.25) is 5.91 Å². The number of hydrogen-bond acceptors (Lipinski definition) is 4. The molecule has 5 nitrogen and oxygen atoms in total. The first-order chi connectivity index (χ1) is 14.3. The number of piperidine rings is 1. The van der Waals surface area contributed by atoms with Crippen LogP contribution in [-0.2, 0) is 27.0 Å². The van der Waals surface area contributed by atoms with Crippen molar-refractivity contribution in [3.05, 3.63) is 35.4 Å². The van der Waals surface area contributed by atoms with Crippen LogP contribution >= 0.6 is 0 Å². The van der Waals surface area contributed by atoms with Crippen LogP contribution in [0.15, 0.2) is 24.3 Å². The molecule has 1 aromatic rings. The van der Waals surface area contributed by atoms with Crippen LogP contribution in [0.4, 0.5) is 13.2 Å². The summed E-state index contributed by atoms with van der Waals surface area (Å²) in [5.74, 6) is 0.732. The van der Waals surface area contributed by atoms with Gasteiger partial charge in [-0.2, -0.15) is 13.2 Å². The maximum atomic E-state index is 13.0. The quantitative estimate of drug-likeness (QED) is 0.636. The maximum absolute atomic E-state index is 13.0. The summed E-state index contributed by atoms with van der Waals surface area (Å²) in [6, 6.07) is 5.55. The molecule has 1 aromatic carbocycles. The Morgan fingerprint density at radius 3 is 2.87 bits per heavy atom. The molecule has 0 aliphatic carbocycles. The van der Waals surface area contributed by atoms with Crippen LogP contribution in [0.25, 0.3) is 0 Å². The Bertz CT molecular complexity index is 713. The van der Waals surface area contributed by atoms with E-state index in [0.717, 1.165) is 25.6 Å². The van der Waals surface area contributed by atoms with Crippen molar-refractivity contribution in [2.24, 2.45) is 11.8 Å². The van der Waals surface area contributed by atoms with E-state index in [4.69, 9.17) is 9.47 Å². The second kappa shape index (κ2) is 10.1. The number of carbonyl (C=O) groups excluding carboxylic acids is 1. The van der Waals surface area contributed by atoms with E-state index >= 15 is 0 Å². The highest BCUT2D eigenvalue weighted by molar-refractivity contribution is 5.76. The second-order valence-corrected chi connectivity index (χ2v) is 8.19. The minimum atomic E-state index is -4.32. The fraction of sp³-hybridized carbons (Fsp3) is 0.682. The van der Waals surface area contributed by atoms with Crippen LogP contribution in [0.3, 0.4) is 0 Å². The average Bonchev–Trinajstić information content (AvgIpc) is 3.10. The predicted octanol–water partition coefficient (Wildman–Crippen LogP) is 3.43. The first-order valence-corrected chi connectivity index (χ1v) is 10.6. The lowest BCUT2D eigenvalue weighted by Crippen LogP contribution is -2.42. The summed E-state index contributed by atoms with van der Waals surface area (Å²) >= 11 is 0. The van der Waals surface area contributed by atoms with Gasteiger partial charge in [-0.1, -0.05) is 18.2 Å². The van der Waals surface area contributed by atoms with Gasteiger partial charge in [0.15, 0.2) is 0 Å². The normalized spacial score (nSPS) is 24.6. The van der Waals surface area contributed by atoms with Crippen LogP contribution in [0.2, 0.25) is 0 Å². The monoisotopic (exact) mass is 428 g/mol. The second-order valence-electron chi connectivity index (χ2n) is 8.19. The maximum Gasteiger partial charge on any atom is 0.416 e. The van der Waals surface area contributed by atoms with Crippen LogP contribution in [0, 0.1) is 11.8 Å². The molecule has 0 aromatic heterocycles. The molecule has 0 saturated carbocycles. The Labute approximate surface area is 176 Å². The molecule has 2 fully saturated rings. The molecule has 2 aliphatic heterocycles. The van der Waals surface area contributed by atoms with Gasteiger partial charge >= 0.3 is 6.18 Å². The third kappa shape index (κ3) is 5.74. The van der Waals surface area contributed by atoms with Crippen LogP contribution in [-0.4, -0.2) is 68.3 Å². The van der Waals surface area contributed by atoms with Gasteiger partial charge < -0.3 is 14.4 Å². The number of likely N-dealkylation sites (N-methyl/N-ethyl adjacent to an activating group) is 1. The summed E-state index contributed by atoms with van der Waals surface area (Å²) in [6.07, 6.45) is -3.12. The van der Waals surface area contributed by atoms with Gasteiger partial charge in [-0.25, -0.2) is 0 Å². The number of amides is 1. The minimum Gasteiger partial charge on any atom is -0.383 e. The molecule has 0 radical (unpaired) electrons. The Kier molecular flexibility index (Phi) is 7.76. The van der Waals surface area contributed by atoms with Crippen molar-refractivity contribution >= 4 is 5.91 Å². The van der Waals surface area contributed by atoms with Crippen molar-refractivity contribution < 1.29 is 27.4 Å². The Morgan fingerprint density at radius 1 is 1.37 bits per heavy atom. The van der Waals surface area contributed by atoms with Crippen molar-refractivity contribution in [3.8, 4) is 0 Å². The summed E-state index contributed by atoms with van der Waals surface area (Å²) in [6.45, 7) is 6.38. The standard InChI is InChI=1S/C22H31F3N2O3/c1-3-27(9-10-29-2)21(28)12-20-19-7-8-26(14-17(19)15-30-20)13-16-5-4-6-18(11-16)22(23,24)25/h4-6,11,17,19-20H,3,7-10,12-15H2,1-2H3/t17-,19-,20+/m1/s1. The summed E-state index contributed by atoms with van der Waals surface area (Å²) in [4.78, 5) is 16.6. The fourth-order valence-electron chi connectivity index (χ4n) is 4.58. The van der Waals surface area contributed by atoms with Gasteiger partial charge in [0.05, 0.1) is 31.3 Å². The Morgan fingerprint density at radius 2 is 2.17 bits per heavy atom. The molecule has 30 heavy (non-hydrogen) atoms. The lowest BCUT2D eigenvalue weighted by molar-refractivity contribution is -0.137. The zero-order valence-corrected chi connectivity index (χ0v) is 17.7. The van der Waals surface area contributed by atoms with Gasteiger partial charge in [-0.05, 0) is 37.4 Å². The predicted molar refractivity (Wildman–Crippen MR) is 107 cm³/mol. The number of fused-ring (bicyclic) bond motifs is 1. The largest absolute Gasteiger partial charge is 0.416 e. The third-order valence-electron chi connectivity index (χ3n) is 6.21. The smallest absolute Gasteiger partial charge is 0.383 e. The first-order valence-electron chi connectivity index (χ1n) is 10.6. The Hall–Kier alpha value is -1.64. The third-order valence-corrected chi connectivity index (χ3v) is 6.21. The SMILES string of the molecule is CCN(CCOC)C(=O)C[C@@H]1OC[C@H]2CN(Cc3cccc(C(F)(F)F)c3)CC[C@H]21. The molecule has 168 valence electrons. The molecule has 0 N–H and O–H groups in total. The van der Waals surface area contributed by atoms with Gasteiger partial charge in [0, 0.05) is 39.2 Å². The lowest BCUT2D eigenvalue weighted by Gasteiger charge is -2.36. The molecule has 3 atom stereocenters. The molecular formula is C22H31F3N2O3. The number of hydrogen-bond donors (Lipinski definition) is 0. The number of alkyl halides is 3. The molecule has 0 spiro atoms. The molecule has 0 unspecified atom stereocenters. The summed E-state index contributed by atoms with van der Waals surface area (Å²) < 4.78 is 49.9. The number of ether oxygens (including phenoxy) is 2. The molecule has 2 heterocycles. The molecular weight excluding hydrogens is 397 g/mol. The molecule has 8 heteroatoms. The van der Waals surface area contributed by atoms with Crippen LogP contribution < -0.4 is 0 Å². The first kappa shape index (κ1) is 23.0. The van der Waals surface area contributed by atoms with E-state index < -0.39 is 11.7 Å². The molecule has 2 aliphatic rings. The topological polar surface area (TPSA) is 42.0 Å². The van der Waals surface area contributed by atoms with E-state index in [0.29, 0.717) is 56.7 Å². The van der Waals surface area contributed by atoms with E-state index in [1.54, 1.807) is 18.1 Å². The number of halogens is 3. The van der Waals surface area contributed by atoms with Crippen LogP contribution in [0.1, 0.15) is 30.9 Å². The number of carbonyl (C=O) groups is 1. The van der Waals surface area contributed by atoms with Gasteiger partial charge in [-0.3, -0.25) is 9.69 Å². The lowest BCUT2D eigenvalue weighted by atomic mass is 9.83.